The van der Waals surface area contributed by atoms with Crippen molar-refractivity contribution >= 4 is 5.97 Å². The summed E-state index contributed by atoms with van der Waals surface area (Å²) >= 11 is 0. The third-order valence-electron chi connectivity index (χ3n) is 2.04. The van der Waals surface area contributed by atoms with Gasteiger partial charge in [0, 0.05) is 12.2 Å². The molecule has 0 aliphatic heterocycles. The number of aromatic carboxylic acids is 1. The van der Waals surface area contributed by atoms with Crippen LogP contribution in [-0.4, -0.2) is 17.7 Å². The van der Waals surface area contributed by atoms with Crippen LogP contribution in [0, 0.1) is 5.92 Å². The minimum Gasteiger partial charge on any atom is -0.475 e. The molecule has 15 heavy (non-hydrogen) atoms. The first-order chi connectivity index (χ1) is 7.11. The molecule has 0 radical (unpaired) electrons. The summed E-state index contributed by atoms with van der Waals surface area (Å²) in [5.74, 6) is -0.490. The lowest BCUT2D eigenvalue weighted by atomic mass is 10.1. The topological polar surface area (TPSA) is 59.7 Å². The van der Waals surface area contributed by atoms with Crippen molar-refractivity contribution < 1.29 is 19.1 Å². The molecule has 1 N–H and O–H groups in total. The third-order valence-corrected chi connectivity index (χ3v) is 2.04. The molecule has 0 aliphatic rings. The van der Waals surface area contributed by atoms with Gasteiger partial charge < -0.3 is 14.3 Å². The molecule has 0 saturated heterocycles. The molecule has 4 nitrogen and oxygen atoms in total. The summed E-state index contributed by atoms with van der Waals surface area (Å²) in [4.78, 5) is 10.7. The summed E-state index contributed by atoms with van der Waals surface area (Å²) in [6.45, 7) is 5.17. The van der Waals surface area contributed by atoms with Crippen LogP contribution in [0.1, 0.15) is 36.4 Å². The molecule has 1 heterocycles. The molecule has 1 aromatic rings. The Morgan fingerprint density at radius 1 is 1.60 bits per heavy atom. The maximum Gasteiger partial charge on any atom is 0.372 e. The molecule has 0 aromatic carbocycles. The molecule has 4 heteroatoms. The van der Waals surface area contributed by atoms with E-state index < -0.39 is 5.97 Å². The van der Waals surface area contributed by atoms with E-state index in [9.17, 15) is 4.79 Å². The SMILES string of the molecule is CC(C)CCOCc1ccoc1C(=O)O. The van der Waals surface area contributed by atoms with Crippen LogP contribution in [0.2, 0.25) is 0 Å². The van der Waals surface area contributed by atoms with Gasteiger partial charge in [-0.3, -0.25) is 0 Å². The van der Waals surface area contributed by atoms with Crippen molar-refractivity contribution in [3.8, 4) is 0 Å². The van der Waals surface area contributed by atoms with Crippen LogP contribution in [0.3, 0.4) is 0 Å². The summed E-state index contributed by atoms with van der Waals surface area (Å²) in [5, 5.41) is 8.75. The fourth-order valence-electron chi connectivity index (χ4n) is 1.14. The Hall–Kier alpha value is -1.29. The number of furan rings is 1. The zero-order chi connectivity index (χ0) is 11.3. The van der Waals surface area contributed by atoms with E-state index in [4.69, 9.17) is 14.3 Å². The first-order valence-corrected chi connectivity index (χ1v) is 4.98. The van der Waals surface area contributed by atoms with Gasteiger partial charge in [0.05, 0.1) is 12.9 Å². The first-order valence-electron chi connectivity index (χ1n) is 4.98. The van der Waals surface area contributed by atoms with Crippen LogP contribution in [0.15, 0.2) is 16.7 Å². The number of rotatable bonds is 6. The van der Waals surface area contributed by atoms with Gasteiger partial charge in [0.25, 0.3) is 0 Å². The zero-order valence-corrected chi connectivity index (χ0v) is 9.03. The highest BCUT2D eigenvalue weighted by molar-refractivity contribution is 5.85. The Kier molecular flexibility index (Phi) is 4.37. The Bertz CT molecular complexity index is 314. The molecule has 0 saturated carbocycles. The second kappa shape index (κ2) is 5.56. The monoisotopic (exact) mass is 212 g/mol. The van der Waals surface area contributed by atoms with Crippen molar-refractivity contribution in [3.63, 3.8) is 0 Å². The molecule has 0 amide bonds. The molecule has 1 rings (SSSR count). The Morgan fingerprint density at radius 3 is 2.93 bits per heavy atom. The van der Waals surface area contributed by atoms with Crippen LogP contribution in [0.25, 0.3) is 0 Å². The summed E-state index contributed by atoms with van der Waals surface area (Å²) in [6.07, 6.45) is 2.34. The van der Waals surface area contributed by atoms with Crippen molar-refractivity contribution in [1.29, 1.82) is 0 Å². The lowest BCUT2D eigenvalue weighted by Crippen LogP contribution is -2.03. The molecule has 1 aromatic heterocycles. The molecule has 0 unspecified atom stereocenters. The minimum absolute atomic E-state index is 0.0282. The predicted octanol–water partition coefficient (Wildman–Crippen LogP) is 2.54. The summed E-state index contributed by atoms with van der Waals surface area (Å²) in [6, 6.07) is 1.62. The van der Waals surface area contributed by atoms with E-state index in [1.54, 1.807) is 6.07 Å². The molecular weight excluding hydrogens is 196 g/mol. The minimum atomic E-state index is -1.05. The van der Waals surface area contributed by atoms with Gasteiger partial charge in [0.1, 0.15) is 0 Å². The first kappa shape index (κ1) is 11.8. The van der Waals surface area contributed by atoms with Crippen molar-refractivity contribution in [2.75, 3.05) is 6.61 Å². The van der Waals surface area contributed by atoms with Gasteiger partial charge in [0.15, 0.2) is 0 Å². The second-order valence-corrected chi connectivity index (χ2v) is 3.82. The normalized spacial score (nSPS) is 10.9. The third kappa shape index (κ3) is 3.75. The lowest BCUT2D eigenvalue weighted by Gasteiger charge is -2.05. The molecule has 0 atom stereocenters. The zero-order valence-electron chi connectivity index (χ0n) is 9.03. The van der Waals surface area contributed by atoms with E-state index in [1.807, 2.05) is 0 Å². The highest BCUT2D eigenvalue weighted by Gasteiger charge is 2.13. The average molecular weight is 212 g/mol. The van der Waals surface area contributed by atoms with Gasteiger partial charge in [-0.1, -0.05) is 13.8 Å². The molecule has 0 bridgehead atoms. The van der Waals surface area contributed by atoms with Crippen molar-refractivity contribution in [1.82, 2.24) is 0 Å². The Labute approximate surface area is 88.8 Å². The average Bonchev–Trinajstić information content (AvgIpc) is 2.60. The Balaban J connectivity index is 2.37. The highest BCUT2D eigenvalue weighted by Crippen LogP contribution is 2.12. The van der Waals surface area contributed by atoms with Crippen LogP contribution >= 0.6 is 0 Å². The van der Waals surface area contributed by atoms with E-state index in [1.165, 1.54) is 6.26 Å². The van der Waals surface area contributed by atoms with Crippen LogP contribution in [0.5, 0.6) is 0 Å². The number of hydrogen-bond acceptors (Lipinski definition) is 3. The van der Waals surface area contributed by atoms with Gasteiger partial charge in [-0.15, -0.1) is 0 Å². The van der Waals surface area contributed by atoms with Gasteiger partial charge in [-0.05, 0) is 18.4 Å². The predicted molar refractivity (Wildman–Crippen MR) is 54.8 cm³/mol. The number of carboxylic acid groups (broad SMARTS) is 1. The van der Waals surface area contributed by atoms with Crippen molar-refractivity contribution in [2.24, 2.45) is 5.92 Å². The number of hydrogen-bond donors (Lipinski definition) is 1. The molecule has 0 spiro atoms. The molecule has 84 valence electrons. The van der Waals surface area contributed by atoms with Crippen LogP contribution in [0.4, 0.5) is 0 Å². The van der Waals surface area contributed by atoms with E-state index in [0.29, 0.717) is 24.7 Å². The maximum atomic E-state index is 10.7. The van der Waals surface area contributed by atoms with E-state index in [2.05, 4.69) is 13.8 Å². The smallest absolute Gasteiger partial charge is 0.372 e. The molecule has 0 aliphatic carbocycles. The van der Waals surface area contributed by atoms with Crippen molar-refractivity contribution in [3.05, 3.63) is 23.7 Å². The standard InChI is InChI=1S/C11H16O4/c1-8(2)3-5-14-7-9-4-6-15-10(9)11(12)13/h4,6,8H,3,5,7H2,1-2H3,(H,12,13). The second-order valence-electron chi connectivity index (χ2n) is 3.82. The summed E-state index contributed by atoms with van der Waals surface area (Å²) < 4.78 is 10.2. The largest absolute Gasteiger partial charge is 0.475 e. The van der Waals surface area contributed by atoms with Crippen LogP contribution in [-0.2, 0) is 11.3 Å². The highest BCUT2D eigenvalue weighted by atomic mass is 16.5. The maximum absolute atomic E-state index is 10.7. The van der Waals surface area contributed by atoms with Gasteiger partial charge in [-0.2, -0.15) is 0 Å². The van der Waals surface area contributed by atoms with E-state index in [-0.39, 0.29) is 5.76 Å². The number of carbonyl (C=O) groups is 1. The summed E-state index contributed by atoms with van der Waals surface area (Å²) in [5.41, 5.74) is 0.589. The number of carboxylic acids is 1. The Morgan fingerprint density at radius 2 is 2.33 bits per heavy atom. The van der Waals surface area contributed by atoms with Gasteiger partial charge in [0.2, 0.25) is 5.76 Å². The van der Waals surface area contributed by atoms with Gasteiger partial charge >= 0.3 is 5.97 Å². The van der Waals surface area contributed by atoms with E-state index >= 15 is 0 Å². The number of ether oxygens (including phenoxy) is 1. The quantitative estimate of drug-likeness (QED) is 0.736. The fourth-order valence-corrected chi connectivity index (χ4v) is 1.14. The fraction of sp³-hybridized carbons (Fsp3) is 0.545. The van der Waals surface area contributed by atoms with Gasteiger partial charge in [-0.25, -0.2) is 4.79 Å². The summed E-state index contributed by atoms with van der Waals surface area (Å²) in [7, 11) is 0. The van der Waals surface area contributed by atoms with Crippen LogP contribution < -0.4 is 0 Å². The van der Waals surface area contributed by atoms with Crippen molar-refractivity contribution in [2.45, 2.75) is 26.9 Å². The molecular formula is C11H16O4. The molecule has 0 fully saturated rings. The van der Waals surface area contributed by atoms with E-state index in [0.717, 1.165) is 6.42 Å². The lowest BCUT2D eigenvalue weighted by molar-refractivity contribution is 0.0648.